The lowest BCUT2D eigenvalue weighted by molar-refractivity contribution is -0.139. The third kappa shape index (κ3) is 5.10. The van der Waals surface area contributed by atoms with Crippen LogP contribution >= 0.6 is 0 Å². The average Bonchev–Trinajstić information content (AvgIpc) is 3.19. The molecule has 4 rings (SSSR count). The lowest BCUT2D eigenvalue weighted by atomic mass is 9.99. The van der Waals surface area contributed by atoms with Crippen molar-refractivity contribution in [2.45, 2.75) is 56.4 Å². The van der Waals surface area contributed by atoms with Crippen molar-refractivity contribution in [1.82, 2.24) is 25.1 Å². The highest BCUT2D eigenvalue weighted by Gasteiger charge is 2.42. The lowest BCUT2D eigenvalue weighted by Crippen LogP contribution is -2.46. The predicted octanol–water partition coefficient (Wildman–Crippen LogP) is 3.14. The predicted molar refractivity (Wildman–Crippen MR) is 111 cm³/mol. The highest BCUT2D eigenvalue weighted by atomic mass is 19.4. The summed E-state index contributed by atoms with van der Waals surface area (Å²) in [4.78, 5) is 35.4. The zero-order valence-corrected chi connectivity index (χ0v) is 18.6. The molecular weight excluding hydrogens is 482 g/mol. The van der Waals surface area contributed by atoms with Crippen LogP contribution in [0.15, 0.2) is 17.2 Å². The molecule has 35 heavy (non-hydrogen) atoms. The SMILES string of the molecule is CN(c1ncc(C(F)(F)F)cn1)C1CCN(C(=O)CC2CCc3c2n[nH]c(=O)c3C(F)(F)F)CC1. The summed E-state index contributed by atoms with van der Waals surface area (Å²) in [6.45, 7) is 0.752. The van der Waals surface area contributed by atoms with Crippen molar-refractivity contribution in [2.24, 2.45) is 0 Å². The summed E-state index contributed by atoms with van der Waals surface area (Å²) in [7, 11) is 1.67. The van der Waals surface area contributed by atoms with Gasteiger partial charge in [-0.25, -0.2) is 15.1 Å². The van der Waals surface area contributed by atoms with E-state index in [1.165, 1.54) is 0 Å². The number of carbonyl (C=O) groups excluding carboxylic acids is 1. The third-order valence-corrected chi connectivity index (χ3v) is 6.60. The Labute approximate surface area is 195 Å². The lowest BCUT2D eigenvalue weighted by Gasteiger charge is -2.37. The van der Waals surface area contributed by atoms with Crippen LogP contribution in [0.25, 0.3) is 0 Å². The molecule has 1 atom stereocenters. The number of piperidine rings is 1. The van der Waals surface area contributed by atoms with E-state index in [2.05, 4.69) is 15.1 Å². The first-order chi connectivity index (χ1) is 16.4. The standard InChI is InChI=1S/C21H22F6N6O2/c1-32(19-28-9-12(10-29-19)20(22,23)24)13-4-6-33(7-5-13)15(34)8-11-2-3-14-16(21(25,26)27)18(35)31-30-17(11)14/h9-11,13H,2-8H2,1H3,(H,31,35). The first-order valence-corrected chi connectivity index (χ1v) is 10.9. The summed E-state index contributed by atoms with van der Waals surface area (Å²) in [6.07, 6.45) is -6.53. The molecular formula is C21H22F6N6O2. The molecule has 1 N–H and O–H groups in total. The van der Waals surface area contributed by atoms with Gasteiger partial charge in [-0.2, -0.15) is 31.4 Å². The molecule has 190 valence electrons. The number of anilines is 1. The quantitative estimate of drug-likeness (QED) is 0.643. The maximum Gasteiger partial charge on any atom is 0.422 e. The van der Waals surface area contributed by atoms with Gasteiger partial charge in [0.25, 0.3) is 5.56 Å². The summed E-state index contributed by atoms with van der Waals surface area (Å²) in [5.74, 6) is -0.599. The number of aromatic nitrogens is 4. The molecule has 0 saturated carbocycles. The van der Waals surface area contributed by atoms with E-state index in [0.717, 1.165) is 12.4 Å². The molecule has 3 heterocycles. The normalized spacial score (nSPS) is 19.1. The maximum atomic E-state index is 13.3. The summed E-state index contributed by atoms with van der Waals surface area (Å²) < 4.78 is 78.0. The monoisotopic (exact) mass is 504 g/mol. The van der Waals surface area contributed by atoms with Crippen molar-refractivity contribution in [1.29, 1.82) is 0 Å². The number of nitrogens with one attached hydrogen (secondary N) is 1. The van der Waals surface area contributed by atoms with Crippen molar-refractivity contribution >= 4 is 11.9 Å². The third-order valence-electron chi connectivity index (χ3n) is 6.60. The average molecular weight is 504 g/mol. The molecule has 2 aliphatic rings. The van der Waals surface area contributed by atoms with Crippen LogP contribution in [0.3, 0.4) is 0 Å². The van der Waals surface area contributed by atoms with Crippen molar-refractivity contribution in [2.75, 3.05) is 25.0 Å². The molecule has 1 aliphatic heterocycles. The number of nitrogens with zero attached hydrogens (tertiary/aromatic N) is 5. The van der Waals surface area contributed by atoms with Crippen LogP contribution in [0.1, 0.15) is 54.0 Å². The first-order valence-electron chi connectivity index (χ1n) is 10.9. The van der Waals surface area contributed by atoms with E-state index >= 15 is 0 Å². The minimum absolute atomic E-state index is 0.0220. The van der Waals surface area contributed by atoms with Crippen LogP contribution in [-0.2, 0) is 23.6 Å². The molecule has 1 fully saturated rings. The van der Waals surface area contributed by atoms with Crippen molar-refractivity contribution in [3.8, 4) is 0 Å². The highest BCUT2D eigenvalue weighted by molar-refractivity contribution is 5.77. The first kappa shape index (κ1) is 24.9. The number of alkyl halides is 6. The van der Waals surface area contributed by atoms with E-state index in [9.17, 15) is 35.9 Å². The Kier molecular flexibility index (Phi) is 6.49. The van der Waals surface area contributed by atoms with Crippen molar-refractivity contribution in [3.63, 3.8) is 0 Å². The number of fused-ring (bicyclic) bond motifs is 1. The number of H-pyrrole nitrogens is 1. The number of halogens is 6. The fourth-order valence-electron chi connectivity index (χ4n) is 4.70. The van der Waals surface area contributed by atoms with Gasteiger partial charge in [0.2, 0.25) is 11.9 Å². The van der Waals surface area contributed by atoms with Gasteiger partial charge in [-0.1, -0.05) is 0 Å². The van der Waals surface area contributed by atoms with Gasteiger partial charge in [-0.3, -0.25) is 9.59 Å². The number of hydrogen-bond acceptors (Lipinski definition) is 6. The second-order valence-electron chi connectivity index (χ2n) is 8.72. The van der Waals surface area contributed by atoms with Gasteiger partial charge >= 0.3 is 12.4 Å². The smallest absolute Gasteiger partial charge is 0.343 e. The Hall–Kier alpha value is -3.19. The Morgan fingerprint density at radius 2 is 1.71 bits per heavy atom. The number of rotatable bonds is 4. The van der Waals surface area contributed by atoms with Gasteiger partial charge in [-0.15, -0.1) is 0 Å². The van der Waals surface area contributed by atoms with Crippen molar-refractivity contribution < 1.29 is 31.1 Å². The zero-order valence-electron chi connectivity index (χ0n) is 18.6. The van der Waals surface area contributed by atoms with Crippen LogP contribution < -0.4 is 10.5 Å². The number of hydrogen-bond donors (Lipinski definition) is 1. The number of carbonyl (C=O) groups is 1. The van der Waals surface area contributed by atoms with Gasteiger partial charge in [0.05, 0.1) is 11.3 Å². The second kappa shape index (κ2) is 9.11. The van der Waals surface area contributed by atoms with E-state index in [-0.39, 0.29) is 42.0 Å². The zero-order chi connectivity index (χ0) is 25.5. The van der Waals surface area contributed by atoms with Crippen LogP contribution in [0.4, 0.5) is 32.3 Å². The summed E-state index contributed by atoms with van der Waals surface area (Å²) in [5, 5.41) is 5.71. The van der Waals surface area contributed by atoms with Crippen LogP contribution in [0, 0.1) is 0 Å². The fourth-order valence-corrected chi connectivity index (χ4v) is 4.70. The van der Waals surface area contributed by atoms with E-state index in [1.54, 1.807) is 16.8 Å². The van der Waals surface area contributed by atoms with Gasteiger partial charge in [0, 0.05) is 50.9 Å². The van der Waals surface area contributed by atoms with E-state index in [1.807, 2.05) is 5.10 Å². The van der Waals surface area contributed by atoms with Gasteiger partial charge in [0.1, 0.15) is 5.56 Å². The number of aromatic amines is 1. The number of amides is 1. The molecule has 1 amide bonds. The Bertz CT molecular complexity index is 1140. The summed E-state index contributed by atoms with van der Waals surface area (Å²) in [6, 6.07) is -0.0934. The van der Waals surface area contributed by atoms with E-state index in [0.29, 0.717) is 32.4 Å². The molecule has 0 radical (unpaired) electrons. The van der Waals surface area contributed by atoms with Crippen LogP contribution in [-0.4, -0.2) is 57.2 Å². The summed E-state index contributed by atoms with van der Waals surface area (Å²) >= 11 is 0. The van der Waals surface area contributed by atoms with E-state index in [4.69, 9.17) is 0 Å². The summed E-state index contributed by atoms with van der Waals surface area (Å²) in [5.41, 5.74) is -3.50. The minimum Gasteiger partial charge on any atom is -0.343 e. The van der Waals surface area contributed by atoms with Gasteiger partial charge in [0.15, 0.2) is 0 Å². The van der Waals surface area contributed by atoms with Crippen LogP contribution in [0.5, 0.6) is 0 Å². The Morgan fingerprint density at radius 3 is 2.29 bits per heavy atom. The number of likely N-dealkylation sites (tertiary alicyclic amines) is 1. The van der Waals surface area contributed by atoms with Gasteiger partial charge in [-0.05, 0) is 31.2 Å². The molecule has 1 saturated heterocycles. The molecule has 14 heteroatoms. The topological polar surface area (TPSA) is 95.1 Å². The molecule has 8 nitrogen and oxygen atoms in total. The van der Waals surface area contributed by atoms with Crippen molar-refractivity contribution in [3.05, 3.63) is 45.1 Å². The van der Waals surface area contributed by atoms with E-state index < -0.39 is 35.0 Å². The Balaban J connectivity index is 1.36. The molecule has 2 aromatic rings. The molecule has 0 spiro atoms. The van der Waals surface area contributed by atoms with Crippen LogP contribution in [0.2, 0.25) is 0 Å². The largest absolute Gasteiger partial charge is 0.422 e. The highest BCUT2D eigenvalue weighted by Crippen LogP contribution is 2.40. The molecule has 0 aromatic carbocycles. The second-order valence-corrected chi connectivity index (χ2v) is 8.72. The molecule has 2 aromatic heterocycles. The Morgan fingerprint density at radius 1 is 1.09 bits per heavy atom. The molecule has 1 aliphatic carbocycles. The maximum absolute atomic E-state index is 13.3. The molecule has 1 unspecified atom stereocenters. The molecule has 0 bridgehead atoms. The fraction of sp³-hybridized carbons (Fsp3) is 0.571. The minimum atomic E-state index is -4.80. The van der Waals surface area contributed by atoms with Gasteiger partial charge < -0.3 is 9.80 Å².